The van der Waals surface area contributed by atoms with E-state index < -0.39 is 12.0 Å². The highest BCUT2D eigenvalue weighted by molar-refractivity contribution is 7.98. The molecule has 238 valence electrons. The van der Waals surface area contributed by atoms with Crippen LogP contribution in [0.1, 0.15) is 49.1 Å². The average molecular weight is 675 g/mol. The number of thioether (sulfide) groups is 1. The number of hydrogen-bond donors (Lipinski definition) is 0. The maximum absolute atomic E-state index is 14.2. The van der Waals surface area contributed by atoms with Crippen LogP contribution in [0.25, 0.3) is 6.08 Å². The molecule has 0 unspecified atom stereocenters. The molecule has 0 amide bonds. The minimum absolute atomic E-state index is 0.215. The summed E-state index contributed by atoms with van der Waals surface area (Å²) in [6.45, 7) is 10.4. The first-order valence-electron chi connectivity index (χ1n) is 14.9. The largest absolute Gasteiger partial charge is 0.490 e. The summed E-state index contributed by atoms with van der Waals surface area (Å²) in [6.07, 6.45) is 6.17. The number of allylic oxidation sites excluding steroid dienone is 2. The highest BCUT2D eigenvalue weighted by atomic mass is 35.5. The van der Waals surface area contributed by atoms with Crippen molar-refractivity contribution >= 4 is 46.7 Å². The fourth-order valence-electron chi connectivity index (χ4n) is 5.28. The summed E-state index contributed by atoms with van der Waals surface area (Å²) in [5.74, 6) is 0.710. The lowest BCUT2D eigenvalue weighted by Gasteiger charge is -2.24. The molecule has 0 saturated carbocycles. The molecule has 0 bridgehead atoms. The first-order valence-corrected chi connectivity index (χ1v) is 17.3. The van der Waals surface area contributed by atoms with Gasteiger partial charge in [0.2, 0.25) is 0 Å². The van der Waals surface area contributed by atoms with E-state index in [9.17, 15) is 9.59 Å². The molecule has 1 aliphatic rings. The van der Waals surface area contributed by atoms with Crippen LogP contribution in [0.3, 0.4) is 0 Å². The normalized spacial score (nSPS) is 14.5. The molecule has 10 heteroatoms. The quantitative estimate of drug-likeness (QED) is 0.0927. The van der Waals surface area contributed by atoms with Gasteiger partial charge in [-0.2, -0.15) is 0 Å². The maximum atomic E-state index is 14.2. The Kier molecular flexibility index (Phi) is 10.9. The van der Waals surface area contributed by atoms with Crippen LogP contribution in [-0.4, -0.2) is 30.0 Å². The Balaban J connectivity index is 1.61. The molecular formula is C36H35ClN2O5S2. The zero-order chi connectivity index (χ0) is 32.8. The topological polar surface area (TPSA) is 79.1 Å². The lowest BCUT2D eigenvalue weighted by atomic mass is 9.96. The van der Waals surface area contributed by atoms with Crippen molar-refractivity contribution in [2.75, 3.05) is 19.5 Å². The van der Waals surface area contributed by atoms with E-state index in [1.807, 2.05) is 79.9 Å². The number of benzene rings is 3. The van der Waals surface area contributed by atoms with Crippen molar-refractivity contribution in [1.29, 1.82) is 0 Å². The molecule has 0 fully saturated rings. The molecule has 46 heavy (non-hydrogen) atoms. The third-order valence-corrected chi connectivity index (χ3v) is 9.34. The summed E-state index contributed by atoms with van der Waals surface area (Å²) in [4.78, 5) is 33.7. The van der Waals surface area contributed by atoms with E-state index >= 15 is 0 Å². The van der Waals surface area contributed by atoms with E-state index in [4.69, 9.17) is 30.8 Å². The van der Waals surface area contributed by atoms with Crippen LogP contribution in [0.4, 0.5) is 0 Å². The Morgan fingerprint density at radius 3 is 2.48 bits per heavy atom. The standard InChI is InChI=1S/C36H35ClN2O5S2/c1-6-9-26-18-24(19-29(42-7-2)33(26)44-21-23-10-14-27(37)15-11-23)20-30-34(40)39-32(25-12-16-28(45-5)17-13-25)31(35(41)43-8-3)22(4)38-36(39)46-30/h6,10-20,32H,1,7-9,21H2,2-5H3/b30-20+/t32-/m0/s1. The van der Waals surface area contributed by atoms with Crippen LogP contribution < -0.4 is 24.4 Å². The van der Waals surface area contributed by atoms with Gasteiger partial charge < -0.3 is 14.2 Å². The van der Waals surface area contributed by atoms with Crippen LogP contribution in [0.2, 0.25) is 5.02 Å². The molecule has 0 spiro atoms. The smallest absolute Gasteiger partial charge is 0.338 e. The number of fused-ring (bicyclic) bond motifs is 1. The monoisotopic (exact) mass is 674 g/mol. The molecule has 7 nitrogen and oxygen atoms in total. The van der Waals surface area contributed by atoms with E-state index in [1.165, 1.54) is 11.3 Å². The van der Waals surface area contributed by atoms with Gasteiger partial charge in [-0.05, 0) is 92.6 Å². The number of thiazole rings is 1. The van der Waals surface area contributed by atoms with Gasteiger partial charge in [-0.25, -0.2) is 9.79 Å². The Morgan fingerprint density at radius 2 is 1.83 bits per heavy atom. The number of hydrogen-bond acceptors (Lipinski definition) is 8. The summed E-state index contributed by atoms with van der Waals surface area (Å²) < 4.78 is 19.8. The Hall–Kier alpha value is -4.05. The van der Waals surface area contributed by atoms with E-state index in [2.05, 4.69) is 6.58 Å². The van der Waals surface area contributed by atoms with Crippen molar-refractivity contribution in [3.63, 3.8) is 0 Å². The molecule has 2 heterocycles. The van der Waals surface area contributed by atoms with Crippen LogP contribution in [0, 0.1) is 0 Å². The number of carbonyl (C=O) groups excluding carboxylic acids is 1. The van der Waals surface area contributed by atoms with Gasteiger partial charge in [0.25, 0.3) is 5.56 Å². The third-order valence-electron chi connectivity index (χ3n) is 7.36. The number of rotatable bonds is 12. The second kappa shape index (κ2) is 15.0. The fraction of sp³-hybridized carbons (Fsp3) is 0.250. The first kappa shape index (κ1) is 33.3. The summed E-state index contributed by atoms with van der Waals surface area (Å²) in [6, 6.07) is 18.5. The molecule has 3 aromatic carbocycles. The second-order valence-corrected chi connectivity index (χ2v) is 12.7. The van der Waals surface area contributed by atoms with Crippen molar-refractivity contribution in [2.24, 2.45) is 4.99 Å². The van der Waals surface area contributed by atoms with E-state index in [0.29, 0.717) is 56.8 Å². The molecule has 0 aliphatic carbocycles. The molecule has 0 saturated heterocycles. The van der Waals surface area contributed by atoms with Gasteiger partial charge >= 0.3 is 5.97 Å². The fourth-order valence-corrected chi connectivity index (χ4v) is 6.86. The highest BCUT2D eigenvalue weighted by Gasteiger charge is 2.33. The summed E-state index contributed by atoms with van der Waals surface area (Å²) >= 11 is 8.96. The van der Waals surface area contributed by atoms with Gasteiger partial charge in [0.15, 0.2) is 16.3 Å². The molecule has 1 aromatic heterocycles. The minimum Gasteiger partial charge on any atom is -0.490 e. The van der Waals surface area contributed by atoms with Gasteiger partial charge in [0.05, 0.1) is 35.1 Å². The number of carbonyl (C=O) groups is 1. The van der Waals surface area contributed by atoms with Gasteiger partial charge in [0.1, 0.15) is 6.61 Å². The Labute approximate surface area is 281 Å². The Bertz CT molecular complexity index is 1960. The van der Waals surface area contributed by atoms with Crippen molar-refractivity contribution in [3.8, 4) is 11.5 Å². The van der Waals surface area contributed by atoms with E-state index in [-0.39, 0.29) is 12.2 Å². The summed E-state index contributed by atoms with van der Waals surface area (Å²) in [5.41, 5.74) is 4.05. The predicted molar refractivity (Wildman–Crippen MR) is 186 cm³/mol. The average Bonchev–Trinajstić information content (AvgIpc) is 3.34. The summed E-state index contributed by atoms with van der Waals surface area (Å²) in [7, 11) is 0. The molecule has 0 N–H and O–H groups in total. The molecule has 0 radical (unpaired) electrons. The lowest BCUT2D eigenvalue weighted by molar-refractivity contribution is -0.139. The number of halogens is 1. The SMILES string of the molecule is C=CCc1cc(/C=c2/sc3n(c2=O)[C@@H](c2ccc(SC)cc2)C(C(=O)OCC)=C(C)N=3)cc(OCC)c1OCc1ccc(Cl)cc1. The predicted octanol–water partition coefficient (Wildman–Crippen LogP) is 6.88. The van der Waals surface area contributed by atoms with Crippen LogP contribution in [-0.2, 0) is 22.6 Å². The van der Waals surface area contributed by atoms with Gasteiger partial charge in [0, 0.05) is 15.5 Å². The Morgan fingerprint density at radius 1 is 1.09 bits per heavy atom. The molecular weight excluding hydrogens is 640 g/mol. The molecule has 1 aliphatic heterocycles. The molecule has 1 atom stereocenters. The second-order valence-electron chi connectivity index (χ2n) is 10.4. The van der Waals surface area contributed by atoms with Crippen molar-refractivity contribution in [3.05, 3.63) is 132 Å². The van der Waals surface area contributed by atoms with Gasteiger partial charge in [-0.1, -0.05) is 53.3 Å². The number of esters is 1. The number of ether oxygens (including phenoxy) is 3. The zero-order valence-corrected chi connectivity index (χ0v) is 28.6. The zero-order valence-electron chi connectivity index (χ0n) is 26.2. The van der Waals surface area contributed by atoms with Gasteiger partial charge in [-0.15, -0.1) is 18.3 Å². The highest BCUT2D eigenvalue weighted by Crippen LogP contribution is 2.35. The lowest BCUT2D eigenvalue weighted by Crippen LogP contribution is -2.39. The first-order chi connectivity index (χ1) is 22.3. The maximum Gasteiger partial charge on any atom is 0.338 e. The van der Waals surface area contributed by atoms with Crippen LogP contribution in [0.15, 0.2) is 99.3 Å². The molecule has 4 aromatic rings. The third kappa shape index (κ3) is 7.17. The van der Waals surface area contributed by atoms with Crippen molar-refractivity contribution in [2.45, 2.75) is 44.7 Å². The summed E-state index contributed by atoms with van der Waals surface area (Å²) in [5, 5.41) is 0.660. The van der Waals surface area contributed by atoms with Gasteiger partial charge in [-0.3, -0.25) is 9.36 Å². The number of nitrogens with zero attached hydrogens (tertiary/aromatic N) is 2. The molecule has 5 rings (SSSR count). The van der Waals surface area contributed by atoms with E-state index in [0.717, 1.165) is 27.1 Å². The minimum atomic E-state index is -0.674. The van der Waals surface area contributed by atoms with Crippen molar-refractivity contribution < 1.29 is 19.0 Å². The van der Waals surface area contributed by atoms with E-state index in [1.54, 1.807) is 36.3 Å². The van der Waals surface area contributed by atoms with Crippen LogP contribution >= 0.6 is 34.7 Å². The van der Waals surface area contributed by atoms with Crippen molar-refractivity contribution in [1.82, 2.24) is 4.57 Å². The number of aromatic nitrogens is 1. The van der Waals surface area contributed by atoms with Crippen LogP contribution in [0.5, 0.6) is 11.5 Å².